The lowest BCUT2D eigenvalue weighted by Crippen LogP contribution is -1.88. The van der Waals surface area contributed by atoms with Gasteiger partial charge in [-0.05, 0) is 81.2 Å². The lowest BCUT2D eigenvalue weighted by Gasteiger charge is -2.14. The van der Waals surface area contributed by atoms with E-state index in [4.69, 9.17) is 0 Å². The van der Waals surface area contributed by atoms with Crippen LogP contribution in [0.3, 0.4) is 0 Å². The molecule has 0 amide bonds. The van der Waals surface area contributed by atoms with Crippen LogP contribution < -0.4 is 0 Å². The van der Waals surface area contributed by atoms with E-state index in [1.807, 2.05) is 0 Å². The molecule has 1 N–H and O–H groups in total. The number of nitrogens with one attached hydrogen (secondary N) is 1. The molecule has 176 valence electrons. The molecule has 1 nitrogen and oxygen atoms in total. The second-order valence-electron chi connectivity index (χ2n) is 9.46. The van der Waals surface area contributed by atoms with Gasteiger partial charge < -0.3 is 4.98 Å². The molecule has 0 bridgehead atoms. The minimum absolute atomic E-state index is 1.17. The maximum atomic E-state index is 3.70. The molecule has 0 atom stereocenters. The summed E-state index contributed by atoms with van der Waals surface area (Å²) in [6, 6.07) is 46.2. The average Bonchev–Trinajstić information content (AvgIpc) is 3.35. The molecule has 6 aromatic carbocycles. The van der Waals surface area contributed by atoms with E-state index in [9.17, 15) is 0 Å². The Hall–Kier alpha value is -4.27. The summed E-state index contributed by atoms with van der Waals surface area (Å²) in [5.74, 6) is 0. The second-order valence-corrected chi connectivity index (χ2v) is 10.3. The summed E-state index contributed by atoms with van der Waals surface area (Å²) in [5, 5.41) is 5.05. The Bertz CT molecular complexity index is 1910. The molecular weight excluding hydrogens is 466 g/mol. The van der Waals surface area contributed by atoms with Crippen LogP contribution in [-0.2, 0) is 0 Å². The lowest BCUT2D eigenvalue weighted by atomic mass is 9.93. The van der Waals surface area contributed by atoms with E-state index in [0.717, 1.165) is 0 Å². The first-order valence-corrected chi connectivity index (χ1v) is 13.8. The van der Waals surface area contributed by atoms with Crippen LogP contribution in [0.1, 0.15) is 0 Å². The van der Waals surface area contributed by atoms with Crippen molar-refractivity contribution >= 4 is 44.3 Å². The van der Waals surface area contributed by atoms with Crippen molar-refractivity contribution in [3.8, 4) is 33.4 Å². The third-order valence-corrected chi connectivity index (χ3v) is 8.09. The number of fused-ring (bicyclic) bond motifs is 4. The highest BCUT2D eigenvalue weighted by Gasteiger charge is 2.15. The van der Waals surface area contributed by atoms with Gasteiger partial charge in [-0.25, -0.2) is 0 Å². The van der Waals surface area contributed by atoms with Gasteiger partial charge >= 0.3 is 0 Å². The number of aromatic nitrogens is 1. The first-order valence-electron chi connectivity index (χ1n) is 12.6. The number of aromatic amines is 1. The molecule has 7 aromatic rings. The van der Waals surface area contributed by atoms with Gasteiger partial charge in [0, 0.05) is 26.7 Å². The third-order valence-electron chi connectivity index (χ3n) is 7.29. The predicted molar refractivity (Wildman–Crippen MR) is 161 cm³/mol. The fourth-order valence-electron chi connectivity index (χ4n) is 5.43. The van der Waals surface area contributed by atoms with Gasteiger partial charge in [-0.2, -0.15) is 0 Å². The van der Waals surface area contributed by atoms with E-state index >= 15 is 0 Å². The van der Waals surface area contributed by atoms with Crippen molar-refractivity contribution in [1.29, 1.82) is 0 Å². The van der Waals surface area contributed by atoms with Gasteiger partial charge in [-0.1, -0.05) is 91.0 Å². The molecule has 0 radical (unpaired) electrons. The fourth-order valence-corrected chi connectivity index (χ4v) is 6.03. The van der Waals surface area contributed by atoms with E-state index in [0.29, 0.717) is 0 Å². The van der Waals surface area contributed by atoms with E-state index < -0.39 is 0 Å². The number of H-pyrrole nitrogens is 1. The largest absolute Gasteiger partial charge is 0.354 e. The number of thioether (sulfide) groups is 1. The molecule has 0 unspecified atom stereocenters. The maximum Gasteiger partial charge on any atom is 0.0544 e. The number of para-hydroxylation sites is 1. The highest BCUT2D eigenvalue weighted by Crippen LogP contribution is 2.41. The zero-order valence-electron chi connectivity index (χ0n) is 20.5. The molecule has 0 saturated carbocycles. The average molecular weight is 492 g/mol. The Morgan fingerprint density at radius 3 is 2.05 bits per heavy atom. The zero-order valence-corrected chi connectivity index (χ0v) is 21.3. The number of hydrogen-bond acceptors (Lipinski definition) is 1. The van der Waals surface area contributed by atoms with Crippen LogP contribution in [0.2, 0.25) is 0 Å². The molecule has 0 aliphatic carbocycles. The quantitative estimate of drug-likeness (QED) is 0.242. The van der Waals surface area contributed by atoms with Gasteiger partial charge in [0.25, 0.3) is 0 Å². The lowest BCUT2D eigenvalue weighted by molar-refractivity contribution is 1.45. The van der Waals surface area contributed by atoms with Crippen molar-refractivity contribution in [3.63, 3.8) is 0 Å². The van der Waals surface area contributed by atoms with Crippen LogP contribution in [0.4, 0.5) is 0 Å². The topological polar surface area (TPSA) is 15.8 Å². The Kier molecular flexibility index (Phi) is 5.34. The molecule has 1 aromatic heterocycles. The van der Waals surface area contributed by atoms with E-state index in [-0.39, 0.29) is 0 Å². The molecule has 0 fully saturated rings. The Morgan fingerprint density at radius 1 is 0.486 bits per heavy atom. The minimum Gasteiger partial charge on any atom is -0.354 e. The van der Waals surface area contributed by atoms with E-state index in [2.05, 4.69) is 139 Å². The second kappa shape index (κ2) is 8.99. The van der Waals surface area contributed by atoms with Crippen LogP contribution in [0, 0.1) is 0 Å². The van der Waals surface area contributed by atoms with Crippen LogP contribution in [0.15, 0.2) is 132 Å². The van der Waals surface area contributed by atoms with Crippen molar-refractivity contribution in [1.82, 2.24) is 4.98 Å². The fraction of sp³-hybridized carbons (Fsp3) is 0.0286. The highest BCUT2D eigenvalue weighted by molar-refractivity contribution is 7.98. The van der Waals surface area contributed by atoms with Crippen LogP contribution in [0.25, 0.3) is 66.0 Å². The van der Waals surface area contributed by atoms with Gasteiger partial charge in [0.2, 0.25) is 0 Å². The molecule has 7 rings (SSSR count). The standard InChI is InChI=1S/C35H25NS/c1-37-34-18-17-27(26-16-15-23-9-5-6-12-25(23)19-26)20-30(34)28-21-31(24-10-3-2-4-11-24)35-32(22-28)29-13-7-8-14-33(29)36-35/h2-22,36H,1H3. The number of hydrogen-bond donors (Lipinski definition) is 1. The molecule has 0 aliphatic rings. The summed E-state index contributed by atoms with van der Waals surface area (Å²) in [5.41, 5.74) is 9.78. The van der Waals surface area contributed by atoms with Crippen molar-refractivity contribution in [2.75, 3.05) is 6.26 Å². The SMILES string of the molecule is CSc1ccc(-c2ccc3ccccc3c2)cc1-c1cc(-c2ccccc2)c2[nH]c3ccccc3c2c1. The molecule has 0 saturated heterocycles. The number of benzene rings is 6. The van der Waals surface area contributed by atoms with Gasteiger partial charge in [-0.3, -0.25) is 0 Å². The molecule has 0 aliphatic heterocycles. The van der Waals surface area contributed by atoms with Crippen molar-refractivity contribution in [2.45, 2.75) is 4.90 Å². The first-order chi connectivity index (χ1) is 18.3. The van der Waals surface area contributed by atoms with E-state index in [1.165, 1.54) is 70.9 Å². The molecule has 1 heterocycles. The Morgan fingerprint density at radius 2 is 1.19 bits per heavy atom. The first kappa shape index (κ1) is 22.0. The van der Waals surface area contributed by atoms with Crippen molar-refractivity contribution < 1.29 is 0 Å². The van der Waals surface area contributed by atoms with Gasteiger partial charge in [0.15, 0.2) is 0 Å². The zero-order chi connectivity index (χ0) is 24.8. The molecule has 37 heavy (non-hydrogen) atoms. The summed E-state index contributed by atoms with van der Waals surface area (Å²) in [6.45, 7) is 0. The summed E-state index contributed by atoms with van der Waals surface area (Å²) < 4.78 is 0. The van der Waals surface area contributed by atoms with Crippen LogP contribution in [0.5, 0.6) is 0 Å². The predicted octanol–water partition coefficient (Wildman–Crippen LogP) is 10.2. The number of rotatable bonds is 4. The monoisotopic (exact) mass is 491 g/mol. The van der Waals surface area contributed by atoms with Crippen molar-refractivity contribution in [3.05, 3.63) is 127 Å². The van der Waals surface area contributed by atoms with Crippen LogP contribution in [-0.4, -0.2) is 11.2 Å². The van der Waals surface area contributed by atoms with Crippen molar-refractivity contribution in [2.24, 2.45) is 0 Å². The van der Waals surface area contributed by atoms with Gasteiger partial charge in [-0.15, -0.1) is 11.8 Å². The normalized spacial score (nSPS) is 11.5. The molecule has 2 heteroatoms. The smallest absolute Gasteiger partial charge is 0.0544 e. The molecule has 0 spiro atoms. The van der Waals surface area contributed by atoms with E-state index in [1.54, 1.807) is 11.8 Å². The summed E-state index contributed by atoms with van der Waals surface area (Å²) >= 11 is 1.80. The highest BCUT2D eigenvalue weighted by atomic mass is 32.2. The summed E-state index contributed by atoms with van der Waals surface area (Å²) in [7, 11) is 0. The Labute approximate surface area is 220 Å². The summed E-state index contributed by atoms with van der Waals surface area (Å²) in [4.78, 5) is 4.98. The Balaban J connectivity index is 1.48. The van der Waals surface area contributed by atoms with Gasteiger partial charge in [0.05, 0.1) is 5.52 Å². The van der Waals surface area contributed by atoms with Crippen LogP contribution >= 0.6 is 11.8 Å². The summed E-state index contributed by atoms with van der Waals surface area (Å²) in [6.07, 6.45) is 2.16. The third kappa shape index (κ3) is 3.82. The maximum absolute atomic E-state index is 3.70. The van der Waals surface area contributed by atoms with Gasteiger partial charge in [0.1, 0.15) is 0 Å². The minimum atomic E-state index is 1.17. The molecular formula is C35H25NS.